The second kappa shape index (κ2) is 5.19. The van der Waals surface area contributed by atoms with E-state index in [0.29, 0.717) is 18.7 Å². The molecule has 2 rings (SSSR count). The van der Waals surface area contributed by atoms with Crippen LogP contribution in [-0.2, 0) is 4.79 Å². The Morgan fingerprint density at radius 1 is 1.47 bits per heavy atom. The lowest BCUT2D eigenvalue weighted by Gasteiger charge is -2.24. The number of amides is 1. The third-order valence-electron chi connectivity index (χ3n) is 3.59. The minimum absolute atomic E-state index is 0.0672. The van der Waals surface area contributed by atoms with Gasteiger partial charge in [-0.05, 0) is 44.5 Å². The van der Waals surface area contributed by atoms with E-state index >= 15 is 0 Å². The molecule has 5 heteroatoms. The monoisotopic (exact) mass is 263 g/mol. The van der Waals surface area contributed by atoms with Crippen LogP contribution in [0.5, 0.6) is 0 Å². The number of β-amino-alcohol motifs (C(OH)–C–C–N with tert-alkyl or cyclic N) is 1. The predicted molar refractivity (Wildman–Crippen MR) is 75.8 cm³/mol. The van der Waals surface area contributed by atoms with Crippen LogP contribution < -0.4 is 11.1 Å². The number of benzene rings is 1. The predicted octanol–water partition coefficient (Wildman–Crippen LogP) is 1.05. The molecule has 1 aliphatic rings. The quantitative estimate of drug-likeness (QED) is 0.712. The lowest BCUT2D eigenvalue weighted by molar-refractivity contribution is -0.120. The number of aliphatic hydroxyl groups is 1. The number of carbonyl (C=O) groups is 1. The lowest BCUT2D eigenvalue weighted by Crippen LogP contribution is -2.42. The molecule has 1 aromatic carbocycles. The third-order valence-corrected chi connectivity index (χ3v) is 3.59. The first-order valence-corrected chi connectivity index (χ1v) is 6.50. The summed E-state index contributed by atoms with van der Waals surface area (Å²) in [5.41, 5.74) is 6.31. The Labute approximate surface area is 113 Å². The van der Waals surface area contributed by atoms with Crippen molar-refractivity contribution < 1.29 is 9.90 Å². The molecular weight excluding hydrogens is 242 g/mol. The Hall–Kier alpha value is -1.59. The second-order valence-corrected chi connectivity index (χ2v) is 5.50. The topological polar surface area (TPSA) is 78.6 Å². The first kappa shape index (κ1) is 13.8. The SMILES string of the molecule is CC(C(=O)Nc1ccc(N)cc1)N1CCC(C)(O)C1. The summed E-state index contributed by atoms with van der Waals surface area (Å²) in [7, 11) is 0. The summed E-state index contributed by atoms with van der Waals surface area (Å²) in [6, 6.07) is 6.80. The molecule has 1 aliphatic heterocycles. The third kappa shape index (κ3) is 3.45. The highest BCUT2D eigenvalue weighted by atomic mass is 16.3. The van der Waals surface area contributed by atoms with Crippen molar-refractivity contribution in [3.63, 3.8) is 0 Å². The number of nitrogens with one attached hydrogen (secondary N) is 1. The summed E-state index contributed by atoms with van der Waals surface area (Å²) < 4.78 is 0. The molecule has 0 radical (unpaired) electrons. The number of anilines is 2. The van der Waals surface area contributed by atoms with Crippen LogP contribution in [0.15, 0.2) is 24.3 Å². The molecular formula is C14H21N3O2. The molecule has 104 valence electrons. The van der Waals surface area contributed by atoms with Crippen LogP contribution in [0.25, 0.3) is 0 Å². The zero-order chi connectivity index (χ0) is 14.0. The summed E-state index contributed by atoms with van der Waals surface area (Å²) in [6.45, 7) is 4.93. The molecule has 1 heterocycles. The van der Waals surface area contributed by atoms with Crippen LogP contribution >= 0.6 is 0 Å². The van der Waals surface area contributed by atoms with Crippen LogP contribution in [0.1, 0.15) is 20.3 Å². The van der Waals surface area contributed by atoms with E-state index in [0.717, 1.165) is 12.2 Å². The van der Waals surface area contributed by atoms with Crippen molar-refractivity contribution in [2.24, 2.45) is 0 Å². The molecule has 1 fully saturated rings. The average Bonchev–Trinajstić information content (AvgIpc) is 2.71. The standard InChI is InChI=1S/C14H21N3O2/c1-10(17-8-7-14(2,19)9-17)13(18)16-12-5-3-11(15)4-6-12/h3-6,10,19H,7-9,15H2,1-2H3,(H,16,18). The van der Waals surface area contributed by atoms with E-state index in [1.165, 1.54) is 0 Å². The maximum Gasteiger partial charge on any atom is 0.241 e. The summed E-state index contributed by atoms with van der Waals surface area (Å²) in [6.07, 6.45) is 0.701. The highest BCUT2D eigenvalue weighted by molar-refractivity contribution is 5.94. The first-order valence-electron chi connectivity index (χ1n) is 6.50. The van der Waals surface area contributed by atoms with Gasteiger partial charge in [0.2, 0.25) is 5.91 Å². The fourth-order valence-electron chi connectivity index (χ4n) is 2.29. The zero-order valence-corrected chi connectivity index (χ0v) is 11.4. The molecule has 1 aromatic rings. The second-order valence-electron chi connectivity index (χ2n) is 5.50. The normalized spacial score (nSPS) is 25.2. The van der Waals surface area contributed by atoms with Crippen molar-refractivity contribution in [3.05, 3.63) is 24.3 Å². The molecule has 19 heavy (non-hydrogen) atoms. The number of nitrogen functional groups attached to an aromatic ring is 1. The maximum absolute atomic E-state index is 12.1. The van der Waals surface area contributed by atoms with Gasteiger partial charge in [-0.15, -0.1) is 0 Å². The van der Waals surface area contributed by atoms with Gasteiger partial charge >= 0.3 is 0 Å². The number of nitrogens with zero attached hydrogens (tertiary/aromatic N) is 1. The number of hydrogen-bond acceptors (Lipinski definition) is 4. The van der Waals surface area contributed by atoms with E-state index in [-0.39, 0.29) is 11.9 Å². The Morgan fingerprint density at radius 2 is 2.11 bits per heavy atom. The summed E-state index contributed by atoms with van der Waals surface area (Å²) in [4.78, 5) is 14.1. The Bertz CT molecular complexity index is 456. The van der Waals surface area contributed by atoms with Crippen molar-refractivity contribution in [1.82, 2.24) is 4.90 Å². The van der Waals surface area contributed by atoms with E-state index in [9.17, 15) is 9.90 Å². The van der Waals surface area contributed by atoms with Crippen LogP contribution in [0, 0.1) is 0 Å². The average molecular weight is 263 g/mol. The van der Waals surface area contributed by atoms with Gasteiger partial charge in [-0.3, -0.25) is 9.69 Å². The van der Waals surface area contributed by atoms with Crippen molar-refractivity contribution in [2.75, 3.05) is 24.1 Å². The van der Waals surface area contributed by atoms with E-state index in [4.69, 9.17) is 5.73 Å². The smallest absolute Gasteiger partial charge is 0.241 e. The molecule has 2 atom stereocenters. The fourth-order valence-corrected chi connectivity index (χ4v) is 2.29. The Kier molecular flexibility index (Phi) is 3.78. The molecule has 2 unspecified atom stereocenters. The van der Waals surface area contributed by atoms with Crippen LogP contribution in [-0.4, -0.2) is 40.6 Å². The molecule has 1 saturated heterocycles. The van der Waals surface area contributed by atoms with Crippen molar-refractivity contribution >= 4 is 17.3 Å². The van der Waals surface area contributed by atoms with E-state index < -0.39 is 5.60 Å². The van der Waals surface area contributed by atoms with Crippen molar-refractivity contribution in [3.8, 4) is 0 Å². The molecule has 1 amide bonds. The molecule has 5 nitrogen and oxygen atoms in total. The highest BCUT2D eigenvalue weighted by Crippen LogP contribution is 2.22. The van der Waals surface area contributed by atoms with Gasteiger partial charge in [0.05, 0.1) is 11.6 Å². The number of nitrogens with two attached hydrogens (primary N) is 1. The number of carbonyl (C=O) groups excluding carboxylic acids is 1. The van der Waals surface area contributed by atoms with E-state index in [1.807, 2.05) is 11.8 Å². The summed E-state index contributed by atoms with van der Waals surface area (Å²) in [5.74, 6) is -0.0672. The molecule has 0 saturated carbocycles. The number of likely N-dealkylation sites (tertiary alicyclic amines) is 1. The fraction of sp³-hybridized carbons (Fsp3) is 0.500. The van der Waals surface area contributed by atoms with Gasteiger partial charge in [-0.2, -0.15) is 0 Å². The van der Waals surface area contributed by atoms with Gasteiger partial charge < -0.3 is 16.2 Å². The Balaban J connectivity index is 1.94. The number of hydrogen-bond donors (Lipinski definition) is 3. The van der Waals surface area contributed by atoms with Crippen LogP contribution in [0.4, 0.5) is 11.4 Å². The highest BCUT2D eigenvalue weighted by Gasteiger charge is 2.35. The largest absolute Gasteiger partial charge is 0.399 e. The summed E-state index contributed by atoms with van der Waals surface area (Å²) in [5, 5.41) is 12.8. The molecule has 0 aromatic heterocycles. The summed E-state index contributed by atoms with van der Waals surface area (Å²) >= 11 is 0. The van der Waals surface area contributed by atoms with Gasteiger partial charge in [0.25, 0.3) is 0 Å². The molecule has 0 bridgehead atoms. The maximum atomic E-state index is 12.1. The zero-order valence-electron chi connectivity index (χ0n) is 11.4. The van der Waals surface area contributed by atoms with E-state index in [2.05, 4.69) is 5.32 Å². The van der Waals surface area contributed by atoms with Gasteiger partial charge in [-0.25, -0.2) is 0 Å². The Morgan fingerprint density at radius 3 is 2.63 bits per heavy atom. The van der Waals surface area contributed by atoms with E-state index in [1.54, 1.807) is 31.2 Å². The minimum atomic E-state index is -0.685. The van der Waals surface area contributed by atoms with Gasteiger partial charge in [0.1, 0.15) is 0 Å². The van der Waals surface area contributed by atoms with Crippen molar-refractivity contribution in [2.45, 2.75) is 31.9 Å². The number of rotatable bonds is 3. The minimum Gasteiger partial charge on any atom is -0.399 e. The van der Waals surface area contributed by atoms with Gasteiger partial charge in [-0.1, -0.05) is 0 Å². The molecule has 0 aliphatic carbocycles. The van der Waals surface area contributed by atoms with Gasteiger partial charge in [0, 0.05) is 24.5 Å². The lowest BCUT2D eigenvalue weighted by atomic mass is 10.1. The van der Waals surface area contributed by atoms with Gasteiger partial charge in [0.15, 0.2) is 0 Å². The molecule has 4 N–H and O–H groups in total. The van der Waals surface area contributed by atoms with Crippen molar-refractivity contribution in [1.29, 1.82) is 0 Å². The van der Waals surface area contributed by atoms with Crippen LogP contribution in [0.2, 0.25) is 0 Å². The van der Waals surface area contributed by atoms with Crippen LogP contribution in [0.3, 0.4) is 0 Å². The first-order chi connectivity index (χ1) is 8.87. The molecule has 0 spiro atoms.